The Kier molecular flexibility index (Phi) is 5.58. The number of ether oxygens (including phenoxy) is 1. The Labute approximate surface area is 107 Å². The van der Waals surface area contributed by atoms with Gasteiger partial charge in [0.25, 0.3) is 0 Å². The third-order valence-corrected chi connectivity index (χ3v) is 2.40. The number of nitrogens with zero attached hydrogens (tertiary/aromatic N) is 1. The Morgan fingerprint density at radius 1 is 1.44 bits per heavy atom. The lowest BCUT2D eigenvalue weighted by Gasteiger charge is -2.09. The van der Waals surface area contributed by atoms with Gasteiger partial charge in [-0.2, -0.15) is 0 Å². The molecule has 0 amide bonds. The highest BCUT2D eigenvalue weighted by Crippen LogP contribution is 2.27. The quantitative estimate of drug-likeness (QED) is 0.598. The normalized spacial score (nSPS) is 10.7. The Balaban J connectivity index is 2.76. The molecule has 0 aromatic heterocycles. The molecule has 0 aliphatic rings. The standard InChI is InChI=1S/C13H20N2O3/c1-4-18-13-6-5-11(7-12(13)15(16)17)9-14-8-10(2)3/h5-7,10,14H,4,8-9H2,1-3H3. The summed E-state index contributed by atoms with van der Waals surface area (Å²) in [5, 5.41) is 14.2. The Morgan fingerprint density at radius 2 is 2.17 bits per heavy atom. The first-order valence-electron chi connectivity index (χ1n) is 6.15. The van der Waals surface area contributed by atoms with Crippen LogP contribution in [-0.2, 0) is 6.54 Å². The molecule has 0 heterocycles. The molecule has 100 valence electrons. The van der Waals surface area contributed by atoms with Crippen LogP contribution >= 0.6 is 0 Å². The summed E-state index contributed by atoms with van der Waals surface area (Å²) in [5.74, 6) is 0.887. The van der Waals surface area contributed by atoms with Gasteiger partial charge < -0.3 is 10.1 Å². The summed E-state index contributed by atoms with van der Waals surface area (Å²) in [6, 6.07) is 5.08. The van der Waals surface area contributed by atoms with Gasteiger partial charge in [-0.15, -0.1) is 0 Å². The maximum absolute atomic E-state index is 10.9. The van der Waals surface area contributed by atoms with Crippen molar-refractivity contribution in [3.8, 4) is 5.75 Å². The van der Waals surface area contributed by atoms with E-state index in [0.717, 1.165) is 12.1 Å². The molecule has 0 aliphatic heterocycles. The minimum atomic E-state index is -0.406. The molecule has 0 aliphatic carbocycles. The molecule has 1 aromatic carbocycles. The Bertz CT molecular complexity index is 405. The van der Waals surface area contributed by atoms with Gasteiger partial charge in [0.05, 0.1) is 11.5 Å². The van der Waals surface area contributed by atoms with Crippen LogP contribution in [0.3, 0.4) is 0 Å². The van der Waals surface area contributed by atoms with E-state index >= 15 is 0 Å². The van der Waals surface area contributed by atoms with Crippen LogP contribution in [0, 0.1) is 16.0 Å². The average Bonchev–Trinajstić information content (AvgIpc) is 2.30. The van der Waals surface area contributed by atoms with E-state index in [1.165, 1.54) is 0 Å². The highest BCUT2D eigenvalue weighted by molar-refractivity contribution is 5.48. The molecule has 5 nitrogen and oxygen atoms in total. The summed E-state index contributed by atoms with van der Waals surface area (Å²) in [7, 11) is 0. The number of hydrogen-bond acceptors (Lipinski definition) is 4. The molecule has 0 saturated carbocycles. The first kappa shape index (κ1) is 14.4. The van der Waals surface area contributed by atoms with Gasteiger partial charge in [-0.25, -0.2) is 0 Å². The molecule has 0 saturated heterocycles. The van der Waals surface area contributed by atoms with Gasteiger partial charge in [-0.3, -0.25) is 10.1 Å². The number of rotatable bonds is 7. The number of nitrogens with one attached hydrogen (secondary N) is 1. The van der Waals surface area contributed by atoms with Crippen LogP contribution in [0.4, 0.5) is 5.69 Å². The lowest BCUT2D eigenvalue weighted by atomic mass is 10.1. The second-order valence-electron chi connectivity index (χ2n) is 4.52. The van der Waals surface area contributed by atoms with Gasteiger partial charge in [-0.1, -0.05) is 19.9 Å². The van der Waals surface area contributed by atoms with Crippen molar-refractivity contribution in [1.82, 2.24) is 5.32 Å². The maximum atomic E-state index is 10.9. The molecule has 0 atom stereocenters. The Hall–Kier alpha value is -1.62. The Morgan fingerprint density at radius 3 is 2.72 bits per heavy atom. The first-order chi connectivity index (χ1) is 8.54. The third kappa shape index (κ3) is 4.33. The van der Waals surface area contributed by atoms with Crippen molar-refractivity contribution in [1.29, 1.82) is 0 Å². The maximum Gasteiger partial charge on any atom is 0.311 e. The van der Waals surface area contributed by atoms with Crippen LogP contribution in [0.5, 0.6) is 5.75 Å². The predicted molar refractivity (Wildman–Crippen MR) is 70.8 cm³/mol. The van der Waals surface area contributed by atoms with Gasteiger partial charge >= 0.3 is 5.69 Å². The lowest BCUT2D eigenvalue weighted by Crippen LogP contribution is -2.19. The van der Waals surface area contributed by atoms with Crippen LogP contribution in [0.2, 0.25) is 0 Å². The zero-order valence-corrected chi connectivity index (χ0v) is 11.1. The zero-order valence-electron chi connectivity index (χ0n) is 11.1. The van der Waals surface area contributed by atoms with E-state index in [0.29, 0.717) is 24.8 Å². The molecule has 1 aromatic rings. The van der Waals surface area contributed by atoms with Gasteiger partial charge in [0.15, 0.2) is 5.75 Å². The summed E-state index contributed by atoms with van der Waals surface area (Å²) in [6.07, 6.45) is 0. The van der Waals surface area contributed by atoms with Crippen molar-refractivity contribution in [2.75, 3.05) is 13.2 Å². The first-order valence-corrected chi connectivity index (χ1v) is 6.15. The molecule has 0 spiro atoms. The molecule has 1 rings (SSSR count). The predicted octanol–water partition coefficient (Wildman–Crippen LogP) is 2.74. The second kappa shape index (κ2) is 6.96. The molecule has 18 heavy (non-hydrogen) atoms. The summed E-state index contributed by atoms with van der Waals surface area (Å²) >= 11 is 0. The van der Waals surface area contributed by atoms with Gasteiger partial charge in [0, 0.05) is 12.6 Å². The monoisotopic (exact) mass is 252 g/mol. The van der Waals surface area contributed by atoms with Crippen LogP contribution in [0.15, 0.2) is 18.2 Å². The van der Waals surface area contributed by atoms with Crippen LogP contribution in [-0.4, -0.2) is 18.1 Å². The van der Waals surface area contributed by atoms with Gasteiger partial charge in [0.2, 0.25) is 0 Å². The number of nitro groups is 1. The number of hydrogen-bond donors (Lipinski definition) is 1. The molecular weight excluding hydrogens is 232 g/mol. The minimum absolute atomic E-state index is 0.0284. The SMILES string of the molecule is CCOc1ccc(CNCC(C)C)cc1[N+](=O)[O-]. The van der Waals surface area contributed by atoms with Crippen LogP contribution < -0.4 is 10.1 Å². The topological polar surface area (TPSA) is 64.4 Å². The molecule has 0 unspecified atom stereocenters. The largest absolute Gasteiger partial charge is 0.487 e. The summed E-state index contributed by atoms with van der Waals surface area (Å²) < 4.78 is 5.23. The highest BCUT2D eigenvalue weighted by Gasteiger charge is 2.15. The fourth-order valence-electron chi connectivity index (χ4n) is 1.60. The molecule has 0 radical (unpaired) electrons. The summed E-state index contributed by atoms with van der Waals surface area (Å²) in [5.41, 5.74) is 0.923. The van der Waals surface area contributed by atoms with Crippen molar-refractivity contribution < 1.29 is 9.66 Å². The van der Waals surface area contributed by atoms with E-state index in [2.05, 4.69) is 19.2 Å². The fourth-order valence-corrected chi connectivity index (χ4v) is 1.60. The van der Waals surface area contributed by atoms with E-state index in [1.54, 1.807) is 12.1 Å². The van der Waals surface area contributed by atoms with Crippen molar-refractivity contribution in [2.45, 2.75) is 27.3 Å². The zero-order chi connectivity index (χ0) is 13.5. The highest BCUT2D eigenvalue weighted by atomic mass is 16.6. The van der Waals surface area contributed by atoms with E-state index in [9.17, 15) is 10.1 Å². The number of benzene rings is 1. The molecule has 5 heteroatoms. The minimum Gasteiger partial charge on any atom is -0.487 e. The lowest BCUT2D eigenvalue weighted by molar-refractivity contribution is -0.385. The van der Waals surface area contributed by atoms with E-state index in [4.69, 9.17) is 4.74 Å². The van der Waals surface area contributed by atoms with Crippen molar-refractivity contribution in [3.05, 3.63) is 33.9 Å². The average molecular weight is 252 g/mol. The molecule has 0 bridgehead atoms. The molecule has 0 fully saturated rings. The smallest absolute Gasteiger partial charge is 0.311 e. The molecule has 1 N–H and O–H groups in total. The van der Waals surface area contributed by atoms with Crippen molar-refractivity contribution >= 4 is 5.69 Å². The van der Waals surface area contributed by atoms with Crippen molar-refractivity contribution in [3.63, 3.8) is 0 Å². The van der Waals surface area contributed by atoms with Gasteiger partial charge in [0.1, 0.15) is 0 Å². The number of nitro benzene ring substituents is 1. The molecular formula is C13H20N2O3. The van der Waals surface area contributed by atoms with Crippen LogP contribution in [0.25, 0.3) is 0 Å². The third-order valence-electron chi connectivity index (χ3n) is 2.40. The summed E-state index contributed by atoms with van der Waals surface area (Å²) in [4.78, 5) is 10.5. The van der Waals surface area contributed by atoms with Crippen LogP contribution in [0.1, 0.15) is 26.3 Å². The van der Waals surface area contributed by atoms with Crippen molar-refractivity contribution in [2.24, 2.45) is 5.92 Å². The second-order valence-corrected chi connectivity index (χ2v) is 4.52. The van der Waals surface area contributed by atoms with E-state index in [1.807, 2.05) is 13.0 Å². The van der Waals surface area contributed by atoms with E-state index < -0.39 is 4.92 Å². The van der Waals surface area contributed by atoms with Gasteiger partial charge in [-0.05, 0) is 31.0 Å². The summed E-state index contributed by atoms with van der Waals surface area (Å²) in [6.45, 7) is 7.99. The fraction of sp³-hybridized carbons (Fsp3) is 0.538. The van der Waals surface area contributed by atoms with E-state index in [-0.39, 0.29) is 5.69 Å².